The summed E-state index contributed by atoms with van der Waals surface area (Å²) in [6.45, 7) is 3.60. The van der Waals surface area contributed by atoms with E-state index in [4.69, 9.17) is 5.11 Å². The molecule has 0 saturated heterocycles. The lowest BCUT2D eigenvalue weighted by atomic mass is 10.3. The normalized spacial score (nSPS) is 11.7. The average molecular weight is 318 g/mol. The van der Waals surface area contributed by atoms with Crippen molar-refractivity contribution in [3.8, 4) is 0 Å². The lowest BCUT2D eigenvalue weighted by Gasteiger charge is -2.04. The van der Waals surface area contributed by atoms with Crippen molar-refractivity contribution in [2.24, 2.45) is 0 Å². The summed E-state index contributed by atoms with van der Waals surface area (Å²) < 4.78 is 26.9. The van der Waals surface area contributed by atoms with Crippen LogP contribution in [0.2, 0.25) is 0 Å². The largest absolute Gasteiger partial charge is 0.391 e. The third-order valence-corrected chi connectivity index (χ3v) is 6.10. The zero-order valence-electron chi connectivity index (χ0n) is 10.5. The van der Waals surface area contributed by atoms with Gasteiger partial charge in [0.1, 0.15) is 4.90 Å². The maximum absolute atomic E-state index is 12.2. The summed E-state index contributed by atoms with van der Waals surface area (Å²) in [6, 6.07) is 1.49. The van der Waals surface area contributed by atoms with Gasteiger partial charge in [0.2, 0.25) is 0 Å². The minimum atomic E-state index is -3.68. The van der Waals surface area contributed by atoms with Crippen LogP contribution in [-0.4, -0.2) is 18.5 Å². The number of thiophene rings is 1. The topological polar surface area (TPSA) is 79.3 Å². The molecule has 2 aromatic rings. The van der Waals surface area contributed by atoms with Gasteiger partial charge >= 0.3 is 0 Å². The van der Waals surface area contributed by atoms with E-state index in [1.54, 1.807) is 5.38 Å². The second-order valence-electron chi connectivity index (χ2n) is 3.85. The highest BCUT2D eigenvalue weighted by Crippen LogP contribution is 2.27. The summed E-state index contributed by atoms with van der Waals surface area (Å²) >= 11 is 2.53. The Hall–Kier alpha value is -0.960. The predicted molar refractivity (Wildman–Crippen MR) is 77.3 cm³/mol. The van der Waals surface area contributed by atoms with E-state index in [2.05, 4.69) is 9.71 Å². The molecule has 2 rings (SSSR count). The van der Waals surface area contributed by atoms with Gasteiger partial charge in [-0.25, -0.2) is 13.4 Å². The van der Waals surface area contributed by atoms with Crippen molar-refractivity contribution in [3.05, 3.63) is 26.9 Å². The van der Waals surface area contributed by atoms with Crippen LogP contribution in [0.3, 0.4) is 0 Å². The number of aliphatic hydroxyl groups is 1. The highest BCUT2D eigenvalue weighted by atomic mass is 32.2. The maximum Gasteiger partial charge on any atom is 0.264 e. The Balaban J connectivity index is 2.31. The first-order valence-corrected chi connectivity index (χ1v) is 8.82. The number of hydrogen-bond donors (Lipinski definition) is 2. The molecule has 0 aliphatic heterocycles. The van der Waals surface area contributed by atoms with Crippen molar-refractivity contribution >= 4 is 37.8 Å². The molecule has 0 amide bonds. The number of hydrogen-bond acceptors (Lipinski definition) is 6. The second-order valence-corrected chi connectivity index (χ2v) is 7.70. The van der Waals surface area contributed by atoms with E-state index in [9.17, 15) is 8.42 Å². The third kappa shape index (κ3) is 2.97. The van der Waals surface area contributed by atoms with Crippen molar-refractivity contribution in [3.63, 3.8) is 0 Å². The zero-order chi connectivity index (χ0) is 14.0. The molecule has 0 aliphatic carbocycles. The van der Waals surface area contributed by atoms with Crippen LogP contribution in [0.25, 0.3) is 0 Å². The molecule has 2 heterocycles. The number of aryl methyl sites for hydroxylation is 2. The molecule has 2 aromatic heterocycles. The first kappa shape index (κ1) is 14.4. The quantitative estimate of drug-likeness (QED) is 0.887. The van der Waals surface area contributed by atoms with Gasteiger partial charge in [-0.2, -0.15) is 0 Å². The van der Waals surface area contributed by atoms with Crippen LogP contribution >= 0.6 is 22.7 Å². The van der Waals surface area contributed by atoms with Crippen LogP contribution < -0.4 is 4.72 Å². The number of sulfonamides is 1. The Labute approximate surface area is 120 Å². The summed E-state index contributed by atoms with van der Waals surface area (Å²) in [6.07, 6.45) is 0.768. The minimum Gasteiger partial charge on any atom is -0.391 e. The second kappa shape index (κ2) is 5.58. The van der Waals surface area contributed by atoms with Gasteiger partial charge in [-0.15, -0.1) is 22.7 Å². The fraction of sp³-hybridized carbons (Fsp3) is 0.364. The fourth-order valence-corrected chi connectivity index (χ4v) is 5.09. The predicted octanol–water partition coefficient (Wildman–Crippen LogP) is 2.37. The number of thiazole rings is 1. The molecule has 0 aliphatic rings. The summed E-state index contributed by atoms with van der Waals surface area (Å²) in [5, 5.41) is 11.1. The lowest BCUT2D eigenvalue weighted by Crippen LogP contribution is -2.13. The minimum absolute atomic E-state index is 0.117. The van der Waals surface area contributed by atoms with Gasteiger partial charge in [-0.05, 0) is 24.8 Å². The molecule has 0 atom stereocenters. The molecule has 19 heavy (non-hydrogen) atoms. The molecular formula is C11H14N2O3S3. The molecule has 0 bridgehead atoms. The summed E-state index contributed by atoms with van der Waals surface area (Å²) in [5.41, 5.74) is 0.899. The maximum atomic E-state index is 12.2. The SMILES string of the molecule is CCc1nc(NS(=O)(=O)c2ccsc2CO)sc1C. The smallest absolute Gasteiger partial charge is 0.264 e. The van der Waals surface area contributed by atoms with E-state index in [-0.39, 0.29) is 11.5 Å². The van der Waals surface area contributed by atoms with Crippen LogP contribution in [0.1, 0.15) is 22.4 Å². The highest BCUT2D eigenvalue weighted by Gasteiger charge is 2.21. The highest BCUT2D eigenvalue weighted by molar-refractivity contribution is 7.93. The Kier molecular flexibility index (Phi) is 4.24. The van der Waals surface area contributed by atoms with Gasteiger partial charge in [0.05, 0.1) is 17.2 Å². The summed E-state index contributed by atoms with van der Waals surface area (Å²) in [7, 11) is -3.68. The van der Waals surface area contributed by atoms with Crippen molar-refractivity contribution in [1.82, 2.24) is 4.98 Å². The van der Waals surface area contributed by atoms with E-state index in [0.29, 0.717) is 10.0 Å². The molecule has 0 saturated carbocycles. The Morgan fingerprint density at radius 3 is 2.79 bits per heavy atom. The molecule has 2 N–H and O–H groups in total. The number of nitrogens with zero attached hydrogens (tertiary/aromatic N) is 1. The van der Waals surface area contributed by atoms with E-state index in [1.165, 1.54) is 28.7 Å². The lowest BCUT2D eigenvalue weighted by molar-refractivity contribution is 0.282. The zero-order valence-corrected chi connectivity index (χ0v) is 13.0. The molecule has 0 spiro atoms. The standard InChI is InChI=1S/C11H14N2O3S3/c1-3-8-7(2)18-11(12-8)13-19(15,16)10-4-5-17-9(10)6-14/h4-5,14H,3,6H2,1-2H3,(H,12,13). The van der Waals surface area contributed by atoms with Gasteiger partial charge in [0.25, 0.3) is 10.0 Å². The molecule has 0 unspecified atom stereocenters. The Morgan fingerprint density at radius 1 is 1.47 bits per heavy atom. The molecule has 0 radical (unpaired) electrons. The van der Waals surface area contributed by atoms with Gasteiger partial charge in [0, 0.05) is 4.88 Å². The van der Waals surface area contributed by atoms with Crippen LogP contribution in [0.15, 0.2) is 16.3 Å². The van der Waals surface area contributed by atoms with Gasteiger partial charge in [-0.3, -0.25) is 4.72 Å². The van der Waals surface area contributed by atoms with Crippen molar-refractivity contribution in [2.45, 2.75) is 31.8 Å². The molecular weight excluding hydrogens is 304 g/mol. The summed E-state index contributed by atoms with van der Waals surface area (Å²) in [4.78, 5) is 5.80. The molecule has 8 heteroatoms. The van der Waals surface area contributed by atoms with E-state index < -0.39 is 10.0 Å². The van der Waals surface area contributed by atoms with Crippen LogP contribution in [0, 0.1) is 6.92 Å². The van der Waals surface area contributed by atoms with E-state index in [0.717, 1.165) is 17.0 Å². The number of anilines is 1. The molecule has 104 valence electrons. The van der Waals surface area contributed by atoms with Gasteiger partial charge < -0.3 is 5.11 Å². The van der Waals surface area contributed by atoms with Gasteiger partial charge in [0.15, 0.2) is 5.13 Å². The Bertz CT molecular complexity index is 673. The number of aromatic nitrogens is 1. The van der Waals surface area contributed by atoms with Crippen molar-refractivity contribution in [2.75, 3.05) is 4.72 Å². The van der Waals surface area contributed by atoms with Gasteiger partial charge in [-0.1, -0.05) is 6.92 Å². The Morgan fingerprint density at radius 2 is 2.21 bits per heavy atom. The van der Waals surface area contributed by atoms with Crippen LogP contribution in [-0.2, 0) is 23.1 Å². The van der Waals surface area contributed by atoms with E-state index >= 15 is 0 Å². The van der Waals surface area contributed by atoms with E-state index in [1.807, 2.05) is 13.8 Å². The monoisotopic (exact) mass is 318 g/mol. The molecule has 0 fully saturated rings. The number of nitrogens with one attached hydrogen (secondary N) is 1. The fourth-order valence-electron chi connectivity index (χ4n) is 1.65. The number of rotatable bonds is 5. The molecule has 5 nitrogen and oxygen atoms in total. The van der Waals surface area contributed by atoms with Crippen molar-refractivity contribution in [1.29, 1.82) is 0 Å². The molecule has 0 aromatic carbocycles. The average Bonchev–Trinajstić information content (AvgIpc) is 2.95. The number of aliphatic hydroxyl groups excluding tert-OH is 1. The third-order valence-electron chi connectivity index (χ3n) is 2.59. The summed E-state index contributed by atoms with van der Waals surface area (Å²) in [5.74, 6) is 0. The first-order chi connectivity index (χ1) is 8.97. The first-order valence-electron chi connectivity index (χ1n) is 5.64. The van der Waals surface area contributed by atoms with Crippen molar-refractivity contribution < 1.29 is 13.5 Å². The van der Waals surface area contributed by atoms with Crippen LogP contribution in [0.4, 0.5) is 5.13 Å². The van der Waals surface area contributed by atoms with Crippen LogP contribution in [0.5, 0.6) is 0 Å².